The molecule has 2 fully saturated rings. The summed E-state index contributed by atoms with van der Waals surface area (Å²) in [6, 6.07) is 9.93. The molecule has 0 saturated carbocycles. The molecule has 2 aliphatic rings. The van der Waals surface area contributed by atoms with Gasteiger partial charge in [-0.2, -0.15) is 0 Å². The monoisotopic (exact) mass is 359 g/mol. The molecule has 0 bridgehead atoms. The van der Waals surface area contributed by atoms with E-state index in [9.17, 15) is 4.79 Å². The first-order valence-electron chi connectivity index (χ1n) is 8.40. The number of aryl methyl sites for hydroxylation is 1. The van der Waals surface area contributed by atoms with Crippen LogP contribution < -0.4 is 9.80 Å². The maximum Gasteiger partial charge on any atom is 0.253 e. The molecule has 0 radical (unpaired) electrons. The Morgan fingerprint density at radius 2 is 2.16 bits per heavy atom. The van der Waals surface area contributed by atoms with Crippen molar-refractivity contribution in [3.8, 4) is 0 Å². The first kappa shape index (κ1) is 16.5. The van der Waals surface area contributed by atoms with E-state index < -0.39 is 5.60 Å². The number of ether oxygens (including phenoxy) is 2. The molecule has 132 valence electrons. The number of amides is 1. The minimum atomic E-state index is -0.542. The quantitative estimate of drug-likeness (QED) is 0.822. The average Bonchev–Trinajstić information content (AvgIpc) is 2.96. The summed E-state index contributed by atoms with van der Waals surface area (Å²) in [7, 11) is 0. The van der Waals surface area contributed by atoms with Crippen LogP contribution in [-0.4, -0.2) is 55.9 Å². The zero-order valence-electron chi connectivity index (χ0n) is 14.2. The van der Waals surface area contributed by atoms with Gasteiger partial charge in [-0.25, -0.2) is 4.98 Å². The Labute approximate surface area is 151 Å². The van der Waals surface area contributed by atoms with Crippen molar-refractivity contribution < 1.29 is 14.3 Å². The molecule has 4 heterocycles. The fourth-order valence-electron chi connectivity index (χ4n) is 3.31. The molecule has 6 nitrogen and oxygen atoms in total. The molecule has 1 spiro atoms. The van der Waals surface area contributed by atoms with E-state index in [1.165, 1.54) is 4.88 Å². The minimum absolute atomic E-state index is 0.00103. The Kier molecular flexibility index (Phi) is 4.45. The highest BCUT2D eigenvalue weighted by Crippen LogP contribution is 2.32. The zero-order valence-corrected chi connectivity index (χ0v) is 15.0. The number of aromatic nitrogens is 1. The maximum absolute atomic E-state index is 12.4. The molecule has 2 aromatic rings. The summed E-state index contributed by atoms with van der Waals surface area (Å²) in [5.41, 5.74) is -0.542. The van der Waals surface area contributed by atoms with Gasteiger partial charge in [0.1, 0.15) is 18.0 Å². The van der Waals surface area contributed by atoms with Crippen molar-refractivity contribution in [2.24, 2.45) is 0 Å². The second-order valence-electron chi connectivity index (χ2n) is 6.50. The van der Waals surface area contributed by atoms with Crippen molar-refractivity contribution in [1.29, 1.82) is 0 Å². The number of hydrogen-bond acceptors (Lipinski definition) is 6. The summed E-state index contributed by atoms with van der Waals surface area (Å²) < 4.78 is 11.9. The van der Waals surface area contributed by atoms with Gasteiger partial charge < -0.3 is 14.4 Å². The number of carbonyl (C=O) groups excluding carboxylic acids is 1. The molecule has 2 aromatic heterocycles. The van der Waals surface area contributed by atoms with Gasteiger partial charge in [-0.15, -0.1) is 11.3 Å². The van der Waals surface area contributed by atoms with Crippen LogP contribution in [-0.2, 0) is 14.3 Å². The molecule has 0 aliphatic carbocycles. The molecule has 0 unspecified atom stereocenters. The highest BCUT2D eigenvalue weighted by molar-refractivity contribution is 7.16. The van der Waals surface area contributed by atoms with Crippen molar-refractivity contribution in [3.05, 3.63) is 41.4 Å². The molecule has 25 heavy (non-hydrogen) atoms. The van der Waals surface area contributed by atoms with E-state index in [-0.39, 0.29) is 12.5 Å². The lowest BCUT2D eigenvalue weighted by Gasteiger charge is -2.42. The number of hydrogen-bond donors (Lipinski definition) is 0. The van der Waals surface area contributed by atoms with Gasteiger partial charge in [0, 0.05) is 17.6 Å². The van der Waals surface area contributed by atoms with Gasteiger partial charge in [-0.05, 0) is 31.2 Å². The third kappa shape index (κ3) is 3.40. The molecule has 0 aromatic carbocycles. The lowest BCUT2D eigenvalue weighted by Crippen LogP contribution is -2.60. The number of pyridine rings is 1. The highest BCUT2D eigenvalue weighted by Gasteiger charge is 2.44. The van der Waals surface area contributed by atoms with Crippen LogP contribution in [0.15, 0.2) is 36.5 Å². The Morgan fingerprint density at radius 3 is 2.92 bits per heavy atom. The Bertz CT molecular complexity index is 751. The van der Waals surface area contributed by atoms with E-state index >= 15 is 0 Å². The number of nitrogens with zero attached hydrogens (tertiary/aromatic N) is 3. The normalized spacial score (nSPS) is 24.6. The lowest BCUT2D eigenvalue weighted by atomic mass is 10.0. The second-order valence-corrected chi connectivity index (χ2v) is 7.76. The van der Waals surface area contributed by atoms with Crippen LogP contribution in [0.1, 0.15) is 4.88 Å². The SMILES string of the molecule is Cc1ccc(N2C[C@]3(COCCN(c4ccccn4)C3)OCC2=O)s1. The minimum Gasteiger partial charge on any atom is -0.376 e. The van der Waals surface area contributed by atoms with Crippen molar-refractivity contribution >= 4 is 28.1 Å². The van der Waals surface area contributed by atoms with Crippen LogP contribution in [0.5, 0.6) is 0 Å². The average molecular weight is 359 g/mol. The van der Waals surface area contributed by atoms with Crippen molar-refractivity contribution in [2.45, 2.75) is 12.5 Å². The Balaban J connectivity index is 1.59. The molecular weight excluding hydrogens is 338 g/mol. The number of morpholine rings is 1. The number of carbonyl (C=O) groups is 1. The van der Waals surface area contributed by atoms with E-state index in [1.807, 2.05) is 42.2 Å². The summed E-state index contributed by atoms with van der Waals surface area (Å²) in [6.45, 7) is 5.13. The third-order valence-electron chi connectivity index (χ3n) is 4.56. The molecule has 1 amide bonds. The van der Waals surface area contributed by atoms with Crippen molar-refractivity contribution in [3.63, 3.8) is 0 Å². The smallest absolute Gasteiger partial charge is 0.253 e. The van der Waals surface area contributed by atoms with E-state index in [0.29, 0.717) is 26.3 Å². The summed E-state index contributed by atoms with van der Waals surface area (Å²) in [6.07, 6.45) is 1.79. The summed E-state index contributed by atoms with van der Waals surface area (Å²) >= 11 is 1.63. The van der Waals surface area contributed by atoms with E-state index in [0.717, 1.165) is 17.4 Å². The molecule has 2 saturated heterocycles. The standard InChI is InChI=1S/C18H21N3O3S/c1-14-5-6-17(25-14)21-12-18(24-10-16(21)22)11-20(8-9-23-13-18)15-4-2-3-7-19-15/h2-7H,8-13H2,1H3/t18-/m1/s1. The van der Waals surface area contributed by atoms with Crippen LogP contribution in [0.4, 0.5) is 10.8 Å². The van der Waals surface area contributed by atoms with Gasteiger partial charge in [0.25, 0.3) is 5.91 Å². The predicted octanol–water partition coefficient (Wildman–Crippen LogP) is 2.09. The van der Waals surface area contributed by atoms with Gasteiger partial charge in [0.05, 0.1) is 31.3 Å². The fourth-order valence-corrected chi connectivity index (χ4v) is 4.19. The lowest BCUT2D eigenvalue weighted by molar-refractivity contribution is -0.143. The molecule has 4 rings (SSSR count). The Morgan fingerprint density at radius 1 is 1.24 bits per heavy atom. The third-order valence-corrected chi connectivity index (χ3v) is 5.59. The van der Waals surface area contributed by atoms with Crippen molar-refractivity contribution in [2.75, 3.05) is 49.3 Å². The number of thiophene rings is 1. The molecule has 2 aliphatic heterocycles. The number of anilines is 2. The first-order valence-corrected chi connectivity index (χ1v) is 9.21. The van der Waals surface area contributed by atoms with Gasteiger partial charge >= 0.3 is 0 Å². The van der Waals surface area contributed by atoms with E-state index in [2.05, 4.69) is 9.88 Å². The topological polar surface area (TPSA) is 54.9 Å². The van der Waals surface area contributed by atoms with Gasteiger partial charge in [-0.3, -0.25) is 9.69 Å². The fraction of sp³-hybridized carbons (Fsp3) is 0.444. The maximum atomic E-state index is 12.4. The van der Waals surface area contributed by atoms with Crippen LogP contribution in [0, 0.1) is 6.92 Å². The van der Waals surface area contributed by atoms with E-state index in [1.54, 1.807) is 17.5 Å². The molecular formula is C18H21N3O3S. The summed E-state index contributed by atoms with van der Waals surface area (Å²) in [4.78, 5) is 22.1. The summed E-state index contributed by atoms with van der Waals surface area (Å²) in [5.74, 6) is 0.910. The largest absolute Gasteiger partial charge is 0.376 e. The first-order chi connectivity index (χ1) is 12.2. The second kappa shape index (κ2) is 6.74. The van der Waals surface area contributed by atoms with Crippen LogP contribution >= 0.6 is 11.3 Å². The van der Waals surface area contributed by atoms with Gasteiger partial charge in [0.15, 0.2) is 0 Å². The van der Waals surface area contributed by atoms with Crippen LogP contribution in [0.2, 0.25) is 0 Å². The number of rotatable bonds is 2. The van der Waals surface area contributed by atoms with Gasteiger partial charge in [-0.1, -0.05) is 6.07 Å². The molecule has 0 N–H and O–H groups in total. The van der Waals surface area contributed by atoms with E-state index in [4.69, 9.17) is 9.47 Å². The highest BCUT2D eigenvalue weighted by atomic mass is 32.1. The Hall–Kier alpha value is -1.96. The van der Waals surface area contributed by atoms with Crippen LogP contribution in [0.25, 0.3) is 0 Å². The van der Waals surface area contributed by atoms with Gasteiger partial charge in [0.2, 0.25) is 0 Å². The molecule has 1 atom stereocenters. The van der Waals surface area contributed by atoms with Crippen LogP contribution in [0.3, 0.4) is 0 Å². The van der Waals surface area contributed by atoms with Crippen molar-refractivity contribution in [1.82, 2.24) is 4.98 Å². The predicted molar refractivity (Wildman–Crippen MR) is 97.4 cm³/mol. The zero-order chi connectivity index (χ0) is 17.3. The summed E-state index contributed by atoms with van der Waals surface area (Å²) in [5, 5.41) is 0.971. The molecule has 7 heteroatoms.